The zero-order chi connectivity index (χ0) is 12.3. The predicted octanol–water partition coefficient (Wildman–Crippen LogP) is 3.22. The third-order valence-electron chi connectivity index (χ3n) is 2.20. The molecule has 2 aromatic rings. The van der Waals surface area contributed by atoms with E-state index in [1.165, 1.54) is 23.1 Å². The van der Waals surface area contributed by atoms with E-state index in [-0.39, 0.29) is 0 Å². The van der Waals surface area contributed by atoms with Gasteiger partial charge >= 0.3 is 0 Å². The highest BCUT2D eigenvalue weighted by atomic mass is 32.2. The maximum atomic E-state index is 9.68. The first-order chi connectivity index (χ1) is 8.20. The summed E-state index contributed by atoms with van der Waals surface area (Å²) in [7, 11) is 0. The maximum absolute atomic E-state index is 9.68. The van der Waals surface area contributed by atoms with Crippen LogP contribution >= 0.6 is 23.1 Å². The van der Waals surface area contributed by atoms with Gasteiger partial charge in [0.1, 0.15) is 0 Å². The Morgan fingerprint density at radius 1 is 1.53 bits per heavy atom. The van der Waals surface area contributed by atoms with Crippen LogP contribution in [0.25, 0.3) is 0 Å². The van der Waals surface area contributed by atoms with Crippen molar-refractivity contribution in [2.24, 2.45) is 0 Å². The van der Waals surface area contributed by atoms with Crippen molar-refractivity contribution in [1.29, 1.82) is 5.26 Å². The number of nitriles is 1. The lowest BCUT2D eigenvalue weighted by Gasteiger charge is -2.10. The molecule has 1 heterocycles. The van der Waals surface area contributed by atoms with Gasteiger partial charge in [-0.1, -0.05) is 17.8 Å². The Bertz CT molecular complexity index is 544. The fourth-order valence-corrected chi connectivity index (χ4v) is 3.22. The zero-order valence-corrected chi connectivity index (χ0v) is 10.8. The van der Waals surface area contributed by atoms with E-state index < -0.39 is 6.10 Å². The molecule has 1 aromatic heterocycles. The average Bonchev–Trinajstić information content (AvgIpc) is 2.81. The van der Waals surface area contributed by atoms with Crippen LogP contribution in [0.15, 0.2) is 39.0 Å². The molecule has 0 amide bonds. The van der Waals surface area contributed by atoms with Crippen molar-refractivity contribution in [1.82, 2.24) is 4.98 Å². The van der Waals surface area contributed by atoms with E-state index >= 15 is 0 Å². The second kappa shape index (κ2) is 5.32. The fraction of sp³-hybridized carbons (Fsp3) is 0.167. The molecule has 0 unspecified atom stereocenters. The summed E-state index contributed by atoms with van der Waals surface area (Å²) in [6.45, 7) is 1.72. The molecule has 5 heteroatoms. The Hall–Kier alpha value is -1.35. The van der Waals surface area contributed by atoms with E-state index in [9.17, 15) is 5.11 Å². The summed E-state index contributed by atoms with van der Waals surface area (Å²) in [5.74, 6) is 0. The number of rotatable bonds is 3. The minimum absolute atomic E-state index is 0.551. The normalized spacial score (nSPS) is 12.1. The maximum Gasteiger partial charge on any atom is 0.154 e. The van der Waals surface area contributed by atoms with E-state index in [0.29, 0.717) is 5.56 Å². The number of aliphatic hydroxyl groups is 1. The molecule has 0 fully saturated rings. The molecular weight excluding hydrogens is 252 g/mol. The van der Waals surface area contributed by atoms with Crippen molar-refractivity contribution in [2.45, 2.75) is 22.3 Å². The molecule has 86 valence electrons. The molecule has 0 aliphatic rings. The number of hydrogen-bond acceptors (Lipinski definition) is 5. The molecule has 0 spiro atoms. The first-order valence-corrected chi connectivity index (χ1v) is 6.70. The number of hydrogen-bond donors (Lipinski definition) is 1. The van der Waals surface area contributed by atoms with Gasteiger partial charge in [-0.05, 0) is 24.6 Å². The van der Waals surface area contributed by atoms with E-state index in [1.54, 1.807) is 31.3 Å². The number of thiazole rings is 1. The highest BCUT2D eigenvalue weighted by Crippen LogP contribution is 2.34. The summed E-state index contributed by atoms with van der Waals surface area (Å²) < 4.78 is 0.905. The molecular formula is C12H10N2OS2. The lowest BCUT2D eigenvalue weighted by Crippen LogP contribution is -1.94. The lowest BCUT2D eigenvalue weighted by molar-refractivity contribution is 0.196. The van der Waals surface area contributed by atoms with Gasteiger partial charge in [0.05, 0.1) is 17.7 Å². The van der Waals surface area contributed by atoms with Crippen LogP contribution in [-0.2, 0) is 0 Å². The van der Waals surface area contributed by atoms with Crippen molar-refractivity contribution in [3.8, 4) is 6.07 Å². The number of nitrogens with zero attached hydrogens (tertiary/aromatic N) is 2. The minimum Gasteiger partial charge on any atom is -0.389 e. The molecule has 2 rings (SSSR count). The molecule has 0 bridgehead atoms. The van der Waals surface area contributed by atoms with Gasteiger partial charge in [0.2, 0.25) is 0 Å². The summed E-state index contributed by atoms with van der Waals surface area (Å²) in [4.78, 5) is 5.07. The Morgan fingerprint density at radius 3 is 2.94 bits per heavy atom. The van der Waals surface area contributed by atoms with Gasteiger partial charge in [-0.3, -0.25) is 0 Å². The molecule has 0 saturated carbocycles. The minimum atomic E-state index is -0.551. The van der Waals surface area contributed by atoms with Crippen molar-refractivity contribution in [3.63, 3.8) is 0 Å². The Morgan fingerprint density at radius 2 is 2.35 bits per heavy atom. The highest BCUT2D eigenvalue weighted by Gasteiger charge is 2.11. The van der Waals surface area contributed by atoms with Crippen LogP contribution in [0, 0.1) is 11.3 Å². The van der Waals surface area contributed by atoms with Crippen LogP contribution < -0.4 is 0 Å². The summed E-state index contributed by atoms with van der Waals surface area (Å²) in [5, 5.41) is 20.5. The molecule has 1 N–H and O–H groups in total. The van der Waals surface area contributed by atoms with Crippen LogP contribution in [0.2, 0.25) is 0 Å². The first-order valence-electron chi connectivity index (χ1n) is 5.00. The summed E-state index contributed by atoms with van der Waals surface area (Å²) >= 11 is 3.01. The van der Waals surface area contributed by atoms with Crippen molar-refractivity contribution < 1.29 is 5.11 Å². The van der Waals surface area contributed by atoms with Gasteiger partial charge in [-0.25, -0.2) is 4.98 Å². The monoisotopic (exact) mass is 262 g/mol. The summed E-state index contributed by atoms with van der Waals surface area (Å²) in [6.07, 6.45) is 1.19. The van der Waals surface area contributed by atoms with E-state index in [1.807, 2.05) is 5.38 Å². The molecule has 0 aliphatic heterocycles. The van der Waals surface area contributed by atoms with Crippen LogP contribution in [0.1, 0.15) is 24.2 Å². The molecule has 17 heavy (non-hydrogen) atoms. The van der Waals surface area contributed by atoms with Crippen LogP contribution in [0.5, 0.6) is 0 Å². The first kappa shape index (κ1) is 12.1. The molecule has 3 nitrogen and oxygen atoms in total. The predicted molar refractivity (Wildman–Crippen MR) is 68.0 cm³/mol. The SMILES string of the molecule is C[C@H](O)c1ccc(C#N)cc1Sc1nccs1. The van der Waals surface area contributed by atoms with Crippen LogP contribution in [-0.4, -0.2) is 10.1 Å². The van der Waals surface area contributed by atoms with Gasteiger partial charge in [0.25, 0.3) is 0 Å². The van der Waals surface area contributed by atoms with Crippen molar-refractivity contribution in [2.75, 3.05) is 0 Å². The molecule has 0 aliphatic carbocycles. The van der Waals surface area contributed by atoms with E-state index in [4.69, 9.17) is 5.26 Å². The Balaban J connectivity index is 2.39. The van der Waals surface area contributed by atoms with Gasteiger partial charge in [0.15, 0.2) is 4.34 Å². The zero-order valence-electron chi connectivity index (χ0n) is 9.12. The average molecular weight is 262 g/mol. The number of aliphatic hydroxyl groups excluding tert-OH is 1. The van der Waals surface area contributed by atoms with E-state index in [0.717, 1.165) is 14.8 Å². The van der Waals surface area contributed by atoms with Crippen LogP contribution in [0.4, 0.5) is 0 Å². The quantitative estimate of drug-likeness (QED) is 0.922. The molecule has 0 saturated heterocycles. The number of aromatic nitrogens is 1. The highest BCUT2D eigenvalue weighted by molar-refractivity contribution is 8.01. The van der Waals surface area contributed by atoms with Gasteiger partial charge in [0, 0.05) is 16.5 Å². The number of benzene rings is 1. The largest absolute Gasteiger partial charge is 0.389 e. The standard InChI is InChI=1S/C12H10N2OS2/c1-8(15)10-3-2-9(7-13)6-11(10)17-12-14-4-5-16-12/h2-6,8,15H,1H3/t8-/m0/s1. The summed E-state index contributed by atoms with van der Waals surface area (Å²) in [5.41, 5.74) is 1.41. The topological polar surface area (TPSA) is 56.9 Å². The lowest BCUT2D eigenvalue weighted by atomic mass is 10.1. The second-order valence-electron chi connectivity index (χ2n) is 3.44. The molecule has 1 atom stereocenters. The van der Waals surface area contributed by atoms with Crippen molar-refractivity contribution >= 4 is 23.1 Å². The third-order valence-corrected chi connectivity index (χ3v) is 4.16. The van der Waals surface area contributed by atoms with E-state index in [2.05, 4.69) is 11.1 Å². The fourth-order valence-electron chi connectivity index (χ4n) is 1.39. The smallest absolute Gasteiger partial charge is 0.154 e. The molecule has 1 aromatic carbocycles. The Labute approximate surface area is 108 Å². The third kappa shape index (κ3) is 2.86. The van der Waals surface area contributed by atoms with Crippen molar-refractivity contribution in [3.05, 3.63) is 40.9 Å². The van der Waals surface area contributed by atoms with Gasteiger partial charge < -0.3 is 5.11 Å². The van der Waals surface area contributed by atoms with Gasteiger partial charge in [-0.2, -0.15) is 5.26 Å². The summed E-state index contributed by atoms with van der Waals surface area (Å²) in [6, 6.07) is 7.39. The molecule has 0 radical (unpaired) electrons. The second-order valence-corrected chi connectivity index (χ2v) is 5.62. The van der Waals surface area contributed by atoms with Crippen LogP contribution in [0.3, 0.4) is 0 Å². The van der Waals surface area contributed by atoms with Gasteiger partial charge in [-0.15, -0.1) is 11.3 Å². The Kier molecular flexibility index (Phi) is 3.79.